The molecule has 2 rings (SSSR count). The zero-order valence-electron chi connectivity index (χ0n) is 10.3. The van der Waals surface area contributed by atoms with Gasteiger partial charge in [0.25, 0.3) is 9.05 Å². The molecule has 2 heterocycles. The number of halogens is 1. The van der Waals surface area contributed by atoms with E-state index in [1.54, 1.807) is 31.1 Å². The van der Waals surface area contributed by atoms with Crippen LogP contribution < -0.4 is 0 Å². The molecule has 0 fully saturated rings. The van der Waals surface area contributed by atoms with Gasteiger partial charge in [0.15, 0.2) is 0 Å². The summed E-state index contributed by atoms with van der Waals surface area (Å²) in [6.07, 6.45) is 3.39. The summed E-state index contributed by atoms with van der Waals surface area (Å²) >= 11 is 0. The van der Waals surface area contributed by atoms with Crippen LogP contribution in [0.4, 0.5) is 0 Å². The molecule has 8 heteroatoms. The Bertz CT molecular complexity index is 687. The maximum atomic E-state index is 11.5. The van der Waals surface area contributed by atoms with Crippen molar-refractivity contribution in [3.8, 4) is 0 Å². The summed E-state index contributed by atoms with van der Waals surface area (Å²) in [5.41, 5.74) is 1.87. The van der Waals surface area contributed by atoms with E-state index in [1.807, 2.05) is 11.6 Å². The average Bonchev–Trinajstić information content (AvgIpc) is 2.72. The van der Waals surface area contributed by atoms with Crippen LogP contribution in [0.1, 0.15) is 17.1 Å². The Morgan fingerprint density at radius 1 is 1.39 bits per heavy atom. The first kappa shape index (κ1) is 13.1. The van der Waals surface area contributed by atoms with Crippen LogP contribution in [0.5, 0.6) is 0 Å². The second-order valence-electron chi connectivity index (χ2n) is 4.09. The zero-order valence-corrected chi connectivity index (χ0v) is 11.8. The van der Waals surface area contributed by atoms with Crippen molar-refractivity contribution < 1.29 is 8.42 Å². The second kappa shape index (κ2) is 4.40. The van der Waals surface area contributed by atoms with E-state index in [2.05, 4.69) is 10.1 Å². The first-order chi connectivity index (χ1) is 8.30. The predicted octanol–water partition coefficient (Wildman–Crippen LogP) is 1.21. The highest BCUT2D eigenvalue weighted by Crippen LogP contribution is 2.23. The van der Waals surface area contributed by atoms with Crippen molar-refractivity contribution in [2.45, 2.75) is 25.3 Å². The van der Waals surface area contributed by atoms with Gasteiger partial charge in [-0.3, -0.25) is 4.68 Å². The SMILES string of the molecule is Cc1nn(Cc2cncn2C)c(C)c1S(=O)(=O)Cl. The minimum absolute atomic E-state index is 0.0892. The highest BCUT2D eigenvalue weighted by atomic mass is 35.7. The highest BCUT2D eigenvalue weighted by molar-refractivity contribution is 8.13. The molecule has 0 atom stereocenters. The molecular weight excluding hydrogens is 276 g/mol. The number of hydrogen-bond donors (Lipinski definition) is 0. The Balaban J connectivity index is 2.46. The number of aromatic nitrogens is 4. The first-order valence-electron chi connectivity index (χ1n) is 5.24. The Morgan fingerprint density at radius 3 is 2.50 bits per heavy atom. The van der Waals surface area contributed by atoms with Crippen molar-refractivity contribution in [3.63, 3.8) is 0 Å². The minimum Gasteiger partial charge on any atom is -0.336 e. The monoisotopic (exact) mass is 288 g/mol. The molecule has 2 aromatic rings. The van der Waals surface area contributed by atoms with Crippen LogP contribution in [0.25, 0.3) is 0 Å². The minimum atomic E-state index is -3.77. The number of rotatable bonds is 3. The number of hydrogen-bond acceptors (Lipinski definition) is 4. The molecule has 0 bridgehead atoms. The van der Waals surface area contributed by atoms with Gasteiger partial charge in [0.2, 0.25) is 0 Å². The van der Waals surface area contributed by atoms with Gasteiger partial charge >= 0.3 is 0 Å². The lowest BCUT2D eigenvalue weighted by Crippen LogP contribution is -2.08. The van der Waals surface area contributed by atoms with Crippen molar-refractivity contribution in [1.29, 1.82) is 0 Å². The maximum absolute atomic E-state index is 11.5. The lowest BCUT2D eigenvalue weighted by Gasteiger charge is -2.05. The molecular formula is C10H13ClN4O2S. The summed E-state index contributed by atoms with van der Waals surface area (Å²) < 4.78 is 26.4. The fraction of sp³-hybridized carbons (Fsp3) is 0.400. The Morgan fingerprint density at radius 2 is 2.06 bits per heavy atom. The van der Waals surface area contributed by atoms with Gasteiger partial charge in [0.1, 0.15) is 4.90 Å². The lowest BCUT2D eigenvalue weighted by atomic mass is 10.4. The maximum Gasteiger partial charge on any atom is 0.264 e. The fourth-order valence-electron chi connectivity index (χ4n) is 1.88. The van der Waals surface area contributed by atoms with Crippen LogP contribution in [0.2, 0.25) is 0 Å². The van der Waals surface area contributed by atoms with Gasteiger partial charge < -0.3 is 4.57 Å². The molecule has 98 valence electrons. The zero-order chi connectivity index (χ0) is 13.5. The fourth-order valence-corrected chi connectivity index (χ4v) is 3.40. The molecule has 18 heavy (non-hydrogen) atoms. The molecule has 0 aliphatic heterocycles. The third kappa shape index (κ3) is 2.28. The van der Waals surface area contributed by atoms with E-state index < -0.39 is 9.05 Å². The van der Waals surface area contributed by atoms with Crippen molar-refractivity contribution in [2.75, 3.05) is 0 Å². The summed E-state index contributed by atoms with van der Waals surface area (Å²) in [4.78, 5) is 4.09. The normalized spacial score (nSPS) is 12.0. The standard InChI is InChI=1S/C10H13ClN4O2S/c1-7-10(18(11,16)17)8(2)15(13-7)5-9-4-12-6-14(9)3/h4,6H,5H2,1-3H3. The van der Waals surface area contributed by atoms with E-state index >= 15 is 0 Å². The highest BCUT2D eigenvalue weighted by Gasteiger charge is 2.22. The third-order valence-corrected chi connectivity index (χ3v) is 4.33. The molecule has 0 N–H and O–H groups in total. The van der Waals surface area contributed by atoms with E-state index in [-0.39, 0.29) is 4.90 Å². The summed E-state index contributed by atoms with van der Waals surface area (Å²) in [5, 5.41) is 4.20. The summed E-state index contributed by atoms with van der Waals surface area (Å²) in [6.45, 7) is 3.77. The van der Waals surface area contributed by atoms with E-state index in [1.165, 1.54) is 0 Å². The number of aryl methyl sites for hydroxylation is 2. The molecule has 6 nitrogen and oxygen atoms in total. The van der Waals surface area contributed by atoms with Gasteiger partial charge in [-0.05, 0) is 13.8 Å². The topological polar surface area (TPSA) is 69.8 Å². The van der Waals surface area contributed by atoms with Crippen molar-refractivity contribution in [1.82, 2.24) is 19.3 Å². The van der Waals surface area contributed by atoms with Crippen molar-refractivity contribution in [2.24, 2.45) is 7.05 Å². The van der Waals surface area contributed by atoms with Crippen LogP contribution in [-0.2, 0) is 22.6 Å². The summed E-state index contributed by atoms with van der Waals surface area (Å²) in [7, 11) is 3.50. The molecule has 0 spiro atoms. The summed E-state index contributed by atoms with van der Waals surface area (Å²) in [5.74, 6) is 0. The Labute approximate surface area is 110 Å². The van der Waals surface area contributed by atoms with Crippen LogP contribution in [0.3, 0.4) is 0 Å². The quantitative estimate of drug-likeness (QED) is 0.796. The van der Waals surface area contributed by atoms with Gasteiger partial charge in [-0.25, -0.2) is 13.4 Å². The largest absolute Gasteiger partial charge is 0.336 e. The molecule has 0 unspecified atom stereocenters. The van der Waals surface area contributed by atoms with E-state index in [0.29, 0.717) is 17.9 Å². The molecule has 0 aliphatic carbocycles. The van der Waals surface area contributed by atoms with Crippen molar-refractivity contribution in [3.05, 3.63) is 29.6 Å². The van der Waals surface area contributed by atoms with Crippen LogP contribution >= 0.6 is 10.7 Å². The summed E-state index contributed by atoms with van der Waals surface area (Å²) in [6, 6.07) is 0. The molecule has 0 aromatic carbocycles. The van der Waals surface area contributed by atoms with E-state index in [0.717, 1.165) is 5.69 Å². The van der Waals surface area contributed by atoms with Crippen LogP contribution in [-0.4, -0.2) is 27.7 Å². The van der Waals surface area contributed by atoms with Gasteiger partial charge in [-0.2, -0.15) is 5.10 Å². The molecule has 0 amide bonds. The molecule has 0 radical (unpaired) electrons. The van der Waals surface area contributed by atoms with Gasteiger partial charge in [-0.1, -0.05) is 0 Å². The van der Waals surface area contributed by atoms with Crippen LogP contribution in [0.15, 0.2) is 17.4 Å². The number of imidazole rings is 1. The van der Waals surface area contributed by atoms with Crippen molar-refractivity contribution >= 4 is 19.7 Å². The Kier molecular flexibility index (Phi) is 3.20. The predicted molar refractivity (Wildman–Crippen MR) is 67.0 cm³/mol. The van der Waals surface area contributed by atoms with Crippen LogP contribution in [0, 0.1) is 13.8 Å². The van der Waals surface area contributed by atoms with Gasteiger partial charge in [0.05, 0.1) is 36.2 Å². The Hall–Kier alpha value is -1.34. The third-order valence-electron chi connectivity index (χ3n) is 2.79. The molecule has 0 saturated carbocycles. The number of nitrogens with zero attached hydrogens (tertiary/aromatic N) is 4. The smallest absolute Gasteiger partial charge is 0.264 e. The molecule has 2 aromatic heterocycles. The average molecular weight is 289 g/mol. The van der Waals surface area contributed by atoms with Gasteiger partial charge in [0, 0.05) is 17.7 Å². The van der Waals surface area contributed by atoms with E-state index in [9.17, 15) is 8.42 Å². The second-order valence-corrected chi connectivity index (χ2v) is 6.59. The first-order valence-corrected chi connectivity index (χ1v) is 7.55. The van der Waals surface area contributed by atoms with E-state index in [4.69, 9.17) is 10.7 Å². The molecule has 0 saturated heterocycles. The van der Waals surface area contributed by atoms with Gasteiger partial charge in [-0.15, -0.1) is 0 Å². The molecule has 0 aliphatic rings. The lowest BCUT2D eigenvalue weighted by molar-refractivity contribution is 0.606.